The molecule has 2 fully saturated rings. The molecule has 210 valence electrons. The van der Waals surface area contributed by atoms with Crippen LogP contribution in [0.15, 0.2) is 0 Å². The number of amides is 5. The topological polar surface area (TPSA) is 128 Å². The fourth-order valence-corrected chi connectivity index (χ4v) is 4.52. The Morgan fingerprint density at radius 1 is 1.22 bits per heavy atom. The molecule has 0 saturated carbocycles. The summed E-state index contributed by atoms with van der Waals surface area (Å²) in [4.78, 5) is 63.9. The fourth-order valence-electron chi connectivity index (χ4n) is 4.40. The molecule has 3 N–H and O–H groups in total. The Morgan fingerprint density at radius 2 is 1.81 bits per heavy atom. The third-order valence-corrected chi connectivity index (χ3v) is 6.68. The summed E-state index contributed by atoms with van der Waals surface area (Å²) in [5, 5.41) is 4.86. The molecule has 0 aromatic carbocycles. The first kappa shape index (κ1) is 30.6. The maximum atomic E-state index is 13.7. The van der Waals surface area contributed by atoms with Gasteiger partial charge < -0.3 is 15.5 Å². The van der Waals surface area contributed by atoms with E-state index in [-0.39, 0.29) is 19.5 Å². The Hall–Kier alpha value is -2.64. The second-order valence-corrected chi connectivity index (χ2v) is 11.3. The summed E-state index contributed by atoms with van der Waals surface area (Å²) in [6.07, 6.45) is -4.65. The van der Waals surface area contributed by atoms with Crippen molar-refractivity contribution in [3.8, 4) is 0 Å². The molecular weight excluding hydrogens is 526 g/mol. The summed E-state index contributed by atoms with van der Waals surface area (Å²) in [5.41, 5.74) is -2.35. The van der Waals surface area contributed by atoms with Crippen molar-refractivity contribution in [2.24, 2.45) is 16.7 Å². The zero-order valence-electron chi connectivity index (χ0n) is 21.2. The highest BCUT2D eigenvalue weighted by Gasteiger charge is 2.52. The van der Waals surface area contributed by atoms with Crippen molar-refractivity contribution in [2.45, 2.75) is 71.4 Å². The van der Waals surface area contributed by atoms with Crippen LogP contribution in [0.2, 0.25) is 0 Å². The number of halogens is 5. The molecule has 0 aromatic rings. The molecule has 2 aliphatic heterocycles. The predicted molar refractivity (Wildman–Crippen MR) is 123 cm³/mol. The lowest BCUT2D eigenvalue weighted by Crippen LogP contribution is -2.62. The van der Waals surface area contributed by atoms with Crippen molar-refractivity contribution in [1.29, 1.82) is 0 Å². The van der Waals surface area contributed by atoms with Crippen LogP contribution in [0, 0.1) is 16.7 Å². The maximum absolute atomic E-state index is 13.7. The lowest BCUT2D eigenvalue weighted by Gasteiger charge is -2.38. The van der Waals surface area contributed by atoms with Gasteiger partial charge in [-0.2, -0.15) is 13.2 Å². The van der Waals surface area contributed by atoms with E-state index in [2.05, 4.69) is 10.7 Å². The summed E-state index contributed by atoms with van der Waals surface area (Å²) in [6.45, 7) is 7.57. The van der Waals surface area contributed by atoms with Crippen LogP contribution in [0.4, 0.5) is 17.6 Å². The lowest BCUT2D eigenvalue weighted by atomic mass is 9.83. The normalized spacial score (nSPS) is 23.2. The molecule has 37 heavy (non-hydrogen) atoms. The van der Waals surface area contributed by atoms with Gasteiger partial charge in [0.2, 0.25) is 11.8 Å². The Bertz CT molecular complexity index is 937. The summed E-state index contributed by atoms with van der Waals surface area (Å²) in [6, 6.07) is -2.93. The van der Waals surface area contributed by atoms with E-state index in [1.54, 1.807) is 19.2 Å². The number of nitrogens with one attached hydrogen (secondary N) is 3. The highest BCUT2D eigenvalue weighted by atomic mass is 35.5. The van der Waals surface area contributed by atoms with Crippen LogP contribution in [-0.4, -0.2) is 83.0 Å². The van der Waals surface area contributed by atoms with Crippen molar-refractivity contribution in [3.05, 3.63) is 0 Å². The number of nitrogens with zero attached hydrogens (tertiary/aromatic N) is 2. The van der Waals surface area contributed by atoms with E-state index < -0.39 is 70.2 Å². The predicted octanol–water partition coefficient (Wildman–Crippen LogP) is 1.24. The Balaban J connectivity index is 2.34. The number of rotatable bonds is 6. The molecule has 0 aliphatic carbocycles. The van der Waals surface area contributed by atoms with E-state index in [1.165, 1.54) is 20.8 Å². The van der Waals surface area contributed by atoms with Crippen LogP contribution in [0.25, 0.3) is 0 Å². The number of alkyl halides is 5. The molecule has 0 unspecified atom stereocenters. The summed E-state index contributed by atoms with van der Waals surface area (Å²) >= 11 is 5.29. The van der Waals surface area contributed by atoms with E-state index >= 15 is 0 Å². The molecule has 0 spiro atoms. The molecular formula is C22H32ClF4N5O5. The zero-order chi connectivity index (χ0) is 28.5. The average molecular weight is 558 g/mol. The first-order valence-corrected chi connectivity index (χ1v) is 12.1. The van der Waals surface area contributed by atoms with Gasteiger partial charge in [0.05, 0.1) is 12.5 Å². The minimum Gasteiger partial charge on any atom is -0.356 e. The quantitative estimate of drug-likeness (QED) is 0.257. The lowest BCUT2D eigenvalue weighted by molar-refractivity contribution is -0.176. The standard InChI is InChI=1S/C22H32ClF4N5O5/c1-20(2,3)12(29-19(37)22(25,26)27)17(35)31-9-7-21(4,5)13(31)16(34)30-32(18(36)14(23)24)10-11-6-8-28-15(11)33/h11-14H,6-10H2,1-5H3,(H,28,33)(H,29,37)(H,30,34)/t11-,12+,13-,14-/m0/s1. The first-order chi connectivity index (χ1) is 16.8. The number of likely N-dealkylation sites (tertiary alicyclic amines) is 1. The van der Waals surface area contributed by atoms with Crippen molar-refractivity contribution >= 4 is 41.1 Å². The molecule has 0 radical (unpaired) electrons. The van der Waals surface area contributed by atoms with Gasteiger partial charge in [-0.15, -0.1) is 0 Å². The Labute approximate surface area is 216 Å². The minimum absolute atomic E-state index is 0.0292. The largest absolute Gasteiger partial charge is 0.471 e. The van der Waals surface area contributed by atoms with Crippen LogP contribution in [0.3, 0.4) is 0 Å². The molecule has 15 heteroatoms. The molecule has 2 rings (SSSR count). The zero-order valence-corrected chi connectivity index (χ0v) is 21.9. The average Bonchev–Trinajstić information content (AvgIpc) is 3.30. The molecule has 10 nitrogen and oxygen atoms in total. The van der Waals surface area contributed by atoms with Crippen molar-refractivity contribution < 1.29 is 41.5 Å². The van der Waals surface area contributed by atoms with Crippen LogP contribution in [-0.2, 0) is 24.0 Å². The molecule has 2 aliphatic rings. The van der Waals surface area contributed by atoms with Gasteiger partial charge in [0.25, 0.3) is 17.4 Å². The summed E-state index contributed by atoms with van der Waals surface area (Å²) in [7, 11) is 0. The molecule has 2 heterocycles. The number of carbonyl (C=O) groups is 5. The Morgan fingerprint density at radius 3 is 2.27 bits per heavy atom. The van der Waals surface area contributed by atoms with Gasteiger partial charge in [0.1, 0.15) is 12.1 Å². The summed E-state index contributed by atoms with van der Waals surface area (Å²) < 4.78 is 52.5. The van der Waals surface area contributed by atoms with E-state index in [4.69, 9.17) is 11.6 Å². The maximum Gasteiger partial charge on any atom is 0.471 e. The highest BCUT2D eigenvalue weighted by Crippen LogP contribution is 2.38. The second kappa shape index (κ2) is 11.0. The third kappa shape index (κ3) is 7.23. The molecule has 4 atom stereocenters. The molecule has 0 aromatic heterocycles. The number of carbonyl (C=O) groups excluding carboxylic acids is 5. The van der Waals surface area contributed by atoms with Gasteiger partial charge >= 0.3 is 12.1 Å². The monoisotopic (exact) mass is 557 g/mol. The Kier molecular flexibility index (Phi) is 9.09. The molecule has 0 bridgehead atoms. The van der Waals surface area contributed by atoms with Crippen LogP contribution in [0.5, 0.6) is 0 Å². The van der Waals surface area contributed by atoms with Crippen LogP contribution >= 0.6 is 11.6 Å². The van der Waals surface area contributed by atoms with Gasteiger partial charge in [0, 0.05) is 13.1 Å². The van der Waals surface area contributed by atoms with Gasteiger partial charge in [-0.25, -0.2) is 9.40 Å². The van der Waals surface area contributed by atoms with E-state index in [0.717, 1.165) is 4.90 Å². The minimum atomic E-state index is -5.23. The number of hydrogen-bond acceptors (Lipinski definition) is 5. The highest BCUT2D eigenvalue weighted by molar-refractivity contribution is 6.29. The van der Waals surface area contributed by atoms with Gasteiger partial charge in [-0.1, -0.05) is 46.2 Å². The van der Waals surface area contributed by atoms with E-state index in [0.29, 0.717) is 18.0 Å². The number of hydrogen-bond donors (Lipinski definition) is 3. The van der Waals surface area contributed by atoms with Crippen molar-refractivity contribution in [2.75, 3.05) is 19.6 Å². The van der Waals surface area contributed by atoms with Crippen molar-refractivity contribution in [3.63, 3.8) is 0 Å². The van der Waals surface area contributed by atoms with E-state index in [9.17, 15) is 41.5 Å². The van der Waals surface area contributed by atoms with Crippen LogP contribution in [0.1, 0.15) is 47.5 Å². The van der Waals surface area contributed by atoms with Crippen molar-refractivity contribution in [1.82, 2.24) is 26.0 Å². The van der Waals surface area contributed by atoms with Gasteiger partial charge in [-0.3, -0.25) is 29.4 Å². The van der Waals surface area contributed by atoms with E-state index in [1.807, 2.05) is 0 Å². The van der Waals surface area contributed by atoms with Gasteiger partial charge in [-0.05, 0) is 23.7 Å². The summed E-state index contributed by atoms with van der Waals surface area (Å²) in [5.74, 6) is -6.61. The number of hydrazine groups is 1. The fraction of sp³-hybridized carbons (Fsp3) is 0.773. The third-order valence-electron chi connectivity index (χ3n) is 6.49. The molecule has 5 amide bonds. The van der Waals surface area contributed by atoms with Gasteiger partial charge in [0.15, 0.2) is 0 Å². The first-order valence-electron chi connectivity index (χ1n) is 11.6. The molecule has 2 saturated heterocycles. The SMILES string of the molecule is CC(C)(C)[C@H](NC(=O)C(F)(F)F)C(=O)N1CCC(C)(C)[C@@H]1C(=O)NN(C[C@@H]1CCNC1=O)C(=O)[C@H](F)Cl. The van der Waals surface area contributed by atoms with Crippen LogP contribution < -0.4 is 16.1 Å². The second-order valence-electron chi connectivity index (χ2n) is 10.9. The smallest absolute Gasteiger partial charge is 0.356 e.